The zero-order chi connectivity index (χ0) is 14.7. The second kappa shape index (κ2) is 6.37. The average molecular weight is 306 g/mol. The van der Waals surface area contributed by atoms with Gasteiger partial charge in [-0.2, -0.15) is 0 Å². The molecule has 0 N–H and O–H groups in total. The van der Waals surface area contributed by atoms with Crippen LogP contribution in [0.15, 0.2) is 28.7 Å². The summed E-state index contributed by atoms with van der Waals surface area (Å²) in [6.45, 7) is 2.28. The maximum absolute atomic E-state index is 10.9. The van der Waals surface area contributed by atoms with E-state index in [2.05, 4.69) is 15.1 Å². The zero-order valence-corrected chi connectivity index (χ0v) is 12.3. The van der Waals surface area contributed by atoms with Crippen LogP contribution in [0.5, 0.6) is 0 Å². The van der Waals surface area contributed by atoms with Crippen LogP contribution in [0.2, 0.25) is 5.02 Å². The quantitative estimate of drug-likeness (QED) is 0.813. The van der Waals surface area contributed by atoms with E-state index in [-0.39, 0.29) is 5.92 Å². The number of halogens is 1. The average Bonchev–Trinajstić information content (AvgIpc) is 2.96. The number of nitrogens with zero attached hydrogens (tertiary/aromatic N) is 3. The van der Waals surface area contributed by atoms with Crippen LogP contribution >= 0.6 is 11.6 Å². The van der Waals surface area contributed by atoms with Gasteiger partial charge in [-0.25, -0.2) is 0 Å². The second-order valence-electron chi connectivity index (χ2n) is 5.25. The van der Waals surface area contributed by atoms with E-state index in [1.807, 2.05) is 18.2 Å². The van der Waals surface area contributed by atoms with Crippen molar-refractivity contribution in [3.63, 3.8) is 0 Å². The maximum atomic E-state index is 10.9. The molecule has 2 heterocycles. The molecular weight excluding hydrogens is 290 g/mol. The lowest BCUT2D eigenvalue weighted by Gasteiger charge is -2.28. The van der Waals surface area contributed by atoms with Crippen LogP contribution in [0, 0.1) is 5.92 Å². The van der Waals surface area contributed by atoms with Crippen LogP contribution in [0.25, 0.3) is 11.5 Å². The van der Waals surface area contributed by atoms with Crippen LogP contribution in [0.1, 0.15) is 18.7 Å². The molecule has 110 valence electrons. The minimum atomic E-state index is 0.115. The largest absolute Gasteiger partial charge is 0.419 e. The summed E-state index contributed by atoms with van der Waals surface area (Å²) in [6.07, 6.45) is 3.03. The Morgan fingerprint density at radius 1 is 1.38 bits per heavy atom. The van der Waals surface area contributed by atoms with Gasteiger partial charge < -0.3 is 9.21 Å². The molecule has 0 bridgehead atoms. The number of likely N-dealkylation sites (tertiary alicyclic amines) is 1. The lowest BCUT2D eigenvalue weighted by molar-refractivity contribution is -0.112. The van der Waals surface area contributed by atoms with E-state index >= 15 is 0 Å². The highest BCUT2D eigenvalue weighted by Crippen LogP contribution is 2.26. The zero-order valence-electron chi connectivity index (χ0n) is 11.5. The normalized spacial score (nSPS) is 19.6. The van der Waals surface area contributed by atoms with Crippen molar-refractivity contribution in [1.82, 2.24) is 15.1 Å². The van der Waals surface area contributed by atoms with Gasteiger partial charge >= 0.3 is 0 Å². The third-order valence-electron chi connectivity index (χ3n) is 3.66. The number of hydrogen-bond acceptors (Lipinski definition) is 5. The molecule has 0 aliphatic carbocycles. The van der Waals surface area contributed by atoms with Crippen molar-refractivity contribution in [2.24, 2.45) is 5.92 Å². The van der Waals surface area contributed by atoms with Gasteiger partial charge in [0.1, 0.15) is 6.29 Å². The van der Waals surface area contributed by atoms with E-state index < -0.39 is 0 Å². The smallest absolute Gasteiger partial charge is 0.249 e. The Labute approximate surface area is 127 Å². The Bertz CT molecular complexity index is 629. The molecule has 1 aliphatic rings. The van der Waals surface area contributed by atoms with Crippen molar-refractivity contribution >= 4 is 17.9 Å². The van der Waals surface area contributed by atoms with E-state index in [0.29, 0.717) is 23.3 Å². The van der Waals surface area contributed by atoms with Crippen molar-refractivity contribution in [1.29, 1.82) is 0 Å². The summed E-state index contributed by atoms with van der Waals surface area (Å²) in [5.41, 5.74) is 0.738. The molecule has 6 heteroatoms. The highest BCUT2D eigenvalue weighted by atomic mass is 35.5. The van der Waals surface area contributed by atoms with Gasteiger partial charge in [0.25, 0.3) is 0 Å². The minimum Gasteiger partial charge on any atom is -0.419 e. The second-order valence-corrected chi connectivity index (χ2v) is 5.66. The van der Waals surface area contributed by atoms with Crippen molar-refractivity contribution in [3.05, 3.63) is 35.2 Å². The van der Waals surface area contributed by atoms with Crippen LogP contribution < -0.4 is 0 Å². The van der Waals surface area contributed by atoms with Gasteiger partial charge in [-0.15, -0.1) is 10.2 Å². The molecule has 2 aromatic rings. The Kier molecular flexibility index (Phi) is 4.31. The van der Waals surface area contributed by atoms with Gasteiger partial charge in [0.15, 0.2) is 0 Å². The van der Waals surface area contributed by atoms with Gasteiger partial charge in [-0.05, 0) is 31.5 Å². The third kappa shape index (κ3) is 3.31. The van der Waals surface area contributed by atoms with E-state index in [0.717, 1.165) is 37.8 Å². The molecule has 21 heavy (non-hydrogen) atoms. The summed E-state index contributed by atoms with van der Waals surface area (Å²) in [5.74, 6) is 1.10. The Hall–Kier alpha value is -1.72. The molecule has 1 saturated heterocycles. The van der Waals surface area contributed by atoms with Crippen molar-refractivity contribution in [3.8, 4) is 11.5 Å². The standard InChI is InChI=1S/C15H16ClN3O2/c16-13-6-2-1-5-12(13)15-18-17-14(21-15)9-19-7-3-4-11(8-19)10-20/h1-2,5-6,10-11H,3-4,7-9H2. The first kappa shape index (κ1) is 14.2. The SMILES string of the molecule is O=CC1CCCN(Cc2nnc(-c3ccccc3Cl)o2)C1. The molecule has 1 aromatic carbocycles. The molecular formula is C15H16ClN3O2. The molecule has 5 nitrogen and oxygen atoms in total. The highest BCUT2D eigenvalue weighted by molar-refractivity contribution is 6.33. The Morgan fingerprint density at radius 3 is 3.05 bits per heavy atom. The van der Waals surface area contributed by atoms with Gasteiger partial charge in [0.05, 0.1) is 17.1 Å². The molecule has 1 atom stereocenters. The number of rotatable bonds is 4. The molecule has 1 aliphatic heterocycles. The molecule has 0 spiro atoms. The number of carbonyl (C=O) groups excluding carboxylic acids is 1. The minimum absolute atomic E-state index is 0.115. The monoisotopic (exact) mass is 305 g/mol. The first-order valence-electron chi connectivity index (χ1n) is 7.01. The number of carbonyl (C=O) groups is 1. The lowest BCUT2D eigenvalue weighted by Crippen LogP contribution is -2.35. The summed E-state index contributed by atoms with van der Waals surface area (Å²) in [7, 11) is 0. The molecule has 0 radical (unpaired) electrons. The fraction of sp³-hybridized carbons (Fsp3) is 0.400. The highest BCUT2D eigenvalue weighted by Gasteiger charge is 2.21. The predicted molar refractivity (Wildman–Crippen MR) is 78.8 cm³/mol. The summed E-state index contributed by atoms with van der Waals surface area (Å²) in [5, 5.41) is 8.72. The summed E-state index contributed by atoms with van der Waals surface area (Å²) < 4.78 is 5.69. The molecule has 0 amide bonds. The van der Waals surface area contributed by atoms with Crippen LogP contribution in [-0.2, 0) is 11.3 Å². The molecule has 3 rings (SSSR count). The van der Waals surface area contributed by atoms with E-state index in [1.54, 1.807) is 6.07 Å². The van der Waals surface area contributed by atoms with Gasteiger partial charge in [0, 0.05) is 12.5 Å². The van der Waals surface area contributed by atoms with Crippen molar-refractivity contribution in [2.45, 2.75) is 19.4 Å². The number of aromatic nitrogens is 2. The first-order chi connectivity index (χ1) is 10.3. The summed E-state index contributed by atoms with van der Waals surface area (Å²) in [6, 6.07) is 7.38. The number of benzene rings is 1. The molecule has 1 unspecified atom stereocenters. The van der Waals surface area contributed by atoms with Crippen LogP contribution in [0.3, 0.4) is 0 Å². The van der Waals surface area contributed by atoms with Crippen LogP contribution in [-0.4, -0.2) is 34.5 Å². The first-order valence-corrected chi connectivity index (χ1v) is 7.39. The fourth-order valence-electron chi connectivity index (χ4n) is 2.60. The number of piperidine rings is 1. The number of hydrogen-bond donors (Lipinski definition) is 0. The molecule has 1 aromatic heterocycles. The third-order valence-corrected chi connectivity index (χ3v) is 3.99. The Balaban J connectivity index is 1.71. The lowest BCUT2D eigenvalue weighted by atomic mass is 10.00. The van der Waals surface area contributed by atoms with Gasteiger partial charge in [-0.1, -0.05) is 23.7 Å². The maximum Gasteiger partial charge on any atom is 0.249 e. The van der Waals surface area contributed by atoms with Crippen molar-refractivity contribution in [2.75, 3.05) is 13.1 Å². The van der Waals surface area contributed by atoms with E-state index in [9.17, 15) is 4.79 Å². The van der Waals surface area contributed by atoms with E-state index in [1.165, 1.54) is 0 Å². The van der Waals surface area contributed by atoms with Gasteiger partial charge in [0.2, 0.25) is 11.8 Å². The van der Waals surface area contributed by atoms with Gasteiger partial charge in [-0.3, -0.25) is 4.90 Å². The summed E-state index contributed by atoms with van der Waals surface area (Å²) >= 11 is 6.12. The topological polar surface area (TPSA) is 59.2 Å². The van der Waals surface area contributed by atoms with E-state index in [4.69, 9.17) is 16.0 Å². The Morgan fingerprint density at radius 2 is 2.24 bits per heavy atom. The number of aldehydes is 1. The fourth-order valence-corrected chi connectivity index (χ4v) is 2.81. The molecule has 0 saturated carbocycles. The summed E-state index contributed by atoms with van der Waals surface area (Å²) in [4.78, 5) is 13.1. The predicted octanol–water partition coefficient (Wildman–Crippen LogP) is 2.80. The van der Waals surface area contributed by atoms with Crippen molar-refractivity contribution < 1.29 is 9.21 Å². The molecule has 1 fully saturated rings. The van der Waals surface area contributed by atoms with Crippen LogP contribution in [0.4, 0.5) is 0 Å².